The first kappa shape index (κ1) is 17.9. The molecule has 24 heavy (non-hydrogen) atoms. The van der Waals surface area contributed by atoms with Crippen molar-refractivity contribution in [2.45, 2.75) is 17.4 Å². The molecule has 2 rings (SSSR count). The number of rotatable bonds is 5. The summed E-state index contributed by atoms with van der Waals surface area (Å²) < 4.78 is 55.1. The van der Waals surface area contributed by atoms with Gasteiger partial charge in [0.25, 0.3) is 5.91 Å². The van der Waals surface area contributed by atoms with Gasteiger partial charge in [0.15, 0.2) is 21.4 Å². The van der Waals surface area contributed by atoms with Gasteiger partial charge in [-0.25, -0.2) is 17.2 Å². The Bertz CT molecular complexity index is 881. The van der Waals surface area contributed by atoms with E-state index in [4.69, 9.17) is 10.5 Å². The van der Waals surface area contributed by atoms with Gasteiger partial charge in [0.1, 0.15) is 5.82 Å². The highest BCUT2D eigenvalue weighted by molar-refractivity contribution is 7.90. The quantitative estimate of drug-likeness (QED) is 0.890. The molecule has 5 nitrogen and oxygen atoms in total. The van der Waals surface area contributed by atoms with E-state index in [-0.39, 0.29) is 16.2 Å². The molecule has 128 valence electrons. The monoisotopic (exact) mass is 355 g/mol. The SMILES string of the molecule is CC(Oc1ccc(F)cc1F)(C(N)=O)c1ccc(S(C)(=O)=O)cc1. The molecule has 2 N–H and O–H groups in total. The van der Waals surface area contributed by atoms with Crippen LogP contribution in [-0.2, 0) is 20.2 Å². The van der Waals surface area contributed by atoms with Gasteiger partial charge in [0.2, 0.25) is 5.60 Å². The molecule has 0 aliphatic carbocycles. The smallest absolute Gasteiger partial charge is 0.266 e. The lowest BCUT2D eigenvalue weighted by atomic mass is 9.95. The Morgan fingerprint density at radius 2 is 1.71 bits per heavy atom. The third-order valence-corrected chi connectivity index (χ3v) is 4.64. The van der Waals surface area contributed by atoms with Crippen LogP contribution in [0.5, 0.6) is 5.75 Å². The molecule has 0 fully saturated rings. The van der Waals surface area contributed by atoms with Crippen LogP contribution in [0.2, 0.25) is 0 Å². The van der Waals surface area contributed by atoms with Crippen molar-refractivity contribution < 1.29 is 26.7 Å². The maximum absolute atomic E-state index is 13.8. The van der Waals surface area contributed by atoms with Gasteiger partial charge in [-0.15, -0.1) is 0 Å². The number of nitrogens with two attached hydrogens (primary N) is 1. The van der Waals surface area contributed by atoms with Crippen LogP contribution in [0, 0.1) is 11.6 Å². The number of hydrogen-bond donors (Lipinski definition) is 1. The minimum absolute atomic E-state index is 0.0473. The van der Waals surface area contributed by atoms with Gasteiger partial charge in [-0.05, 0) is 31.2 Å². The minimum Gasteiger partial charge on any atom is -0.470 e. The summed E-state index contributed by atoms with van der Waals surface area (Å²) in [7, 11) is -3.41. The van der Waals surface area contributed by atoms with Crippen molar-refractivity contribution in [3.63, 3.8) is 0 Å². The number of carbonyl (C=O) groups is 1. The van der Waals surface area contributed by atoms with E-state index in [1.54, 1.807) is 0 Å². The molecule has 1 unspecified atom stereocenters. The van der Waals surface area contributed by atoms with E-state index in [1.165, 1.54) is 31.2 Å². The molecule has 2 aromatic rings. The number of carbonyl (C=O) groups excluding carboxylic acids is 1. The highest BCUT2D eigenvalue weighted by atomic mass is 32.2. The molecule has 0 spiro atoms. The number of amides is 1. The van der Waals surface area contributed by atoms with Gasteiger partial charge in [-0.3, -0.25) is 4.79 Å². The highest BCUT2D eigenvalue weighted by Crippen LogP contribution is 2.30. The number of primary amides is 1. The van der Waals surface area contributed by atoms with Crippen LogP contribution >= 0.6 is 0 Å². The van der Waals surface area contributed by atoms with Crippen molar-refractivity contribution >= 4 is 15.7 Å². The molecular weight excluding hydrogens is 340 g/mol. The molecule has 0 heterocycles. The fraction of sp³-hybridized carbons (Fsp3) is 0.188. The zero-order valence-electron chi connectivity index (χ0n) is 12.9. The molecule has 0 aliphatic rings. The van der Waals surface area contributed by atoms with Crippen LogP contribution in [0.1, 0.15) is 12.5 Å². The Morgan fingerprint density at radius 1 is 1.12 bits per heavy atom. The van der Waals surface area contributed by atoms with Crippen molar-refractivity contribution in [3.8, 4) is 5.75 Å². The van der Waals surface area contributed by atoms with Gasteiger partial charge in [0.05, 0.1) is 4.90 Å². The summed E-state index contributed by atoms with van der Waals surface area (Å²) in [5.41, 5.74) is 3.83. The van der Waals surface area contributed by atoms with Crippen molar-refractivity contribution in [3.05, 3.63) is 59.7 Å². The zero-order valence-corrected chi connectivity index (χ0v) is 13.7. The molecule has 0 aliphatic heterocycles. The van der Waals surface area contributed by atoms with E-state index >= 15 is 0 Å². The molecule has 2 aromatic carbocycles. The van der Waals surface area contributed by atoms with Crippen LogP contribution in [0.15, 0.2) is 47.4 Å². The fourth-order valence-corrected chi connectivity index (χ4v) is 2.68. The Hall–Kier alpha value is -2.48. The number of hydrogen-bond acceptors (Lipinski definition) is 4. The van der Waals surface area contributed by atoms with Crippen LogP contribution in [0.4, 0.5) is 8.78 Å². The first-order valence-corrected chi connectivity index (χ1v) is 8.68. The Kier molecular flexibility index (Phi) is 4.61. The molecular formula is C16H15F2NO4S. The third kappa shape index (κ3) is 3.53. The highest BCUT2D eigenvalue weighted by Gasteiger charge is 2.36. The second kappa shape index (κ2) is 6.20. The van der Waals surface area contributed by atoms with Gasteiger partial charge in [0, 0.05) is 17.9 Å². The lowest BCUT2D eigenvalue weighted by Gasteiger charge is -2.28. The van der Waals surface area contributed by atoms with E-state index in [1.807, 2.05) is 0 Å². The zero-order chi connectivity index (χ0) is 18.1. The van der Waals surface area contributed by atoms with Gasteiger partial charge in [-0.1, -0.05) is 12.1 Å². The maximum Gasteiger partial charge on any atom is 0.266 e. The molecule has 0 bridgehead atoms. The average molecular weight is 355 g/mol. The second-order valence-corrected chi connectivity index (χ2v) is 7.39. The van der Waals surface area contributed by atoms with E-state index in [2.05, 4.69) is 0 Å². The number of sulfone groups is 1. The molecule has 8 heteroatoms. The van der Waals surface area contributed by atoms with E-state index in [0.717, 1.165) is 18.4 Å². The van der Waals surface area contributed by atoms with Crippen LogP contribution in [0.25, 0.3) is 0 Å². The summed E-state index contributed by atoms with van der Waals surface area (Å²) in [4.78, 5) is 11.9. The predicted molar refractivity (Wildman–Crippen MR) is 83.1 cm³/mol. The number of halogens is 2. The van der Waals surface area contributed by atoms with Gasteiger partial charge >= 0.3 is 0 Å². The minimum atomic E-state index is -3.41. The van der Waals surface area contributed by atoms with E-state index in [9.17, 15) is 22.0 Å². The first-order chi connectivity index (χ1) is 11.0. The van der Waals surface area contributed by atoms with Crippen LogP contribution < -0.4 is 10.5 Å². The summed E-state index contributed by atoms with van der Waals surface area (Å²) in [5.74, 6) is -3.06. The Morgan fingerprint density at radius 3 is 2.17 bits per heavy atom. The average Bonchev–Trinajstić information content (AvgIpc) is 2.49. The number of ether oxygens (including phenoxy) is 1. The Balaban J connectivity index is 2.45. The van der Waals surface area contributed by atoms with E-state index < -0.39 is 33.0 Å². The first-order valence-electron chi connectivity index (χ1n) is 6.78. The summed E-state index contributed by atoms with van der Waals surface area (Å²) >= 11 is 0. The van der Waals surface area contributed by atoms with Crippen LogP contribution in [-0.4, -0.2) is 20.6 Å². The maximum atomic E-state index is 13.8. The molecule has 0 saturated carbocycles. The van der Waals surface area contributed by atoms with Crippen molar-refractivity contribution in [1.29, 1.82) is 0 Å². The van der Waals surface area contributed by atoms with E-state index in [0.29, 0.717) is 6.07 Å². The largest absolute Gasteiger partial charge is 0.470 e. The van der Waals surface area contributed by atoms with Crippen molar-refractivity contribution in [1.82, 2.24) is 0 Å². The standard InChI is InChI=1S/C16H15F2NO4S/c1-16(15(19)20,23-14-8-5-11(17)9-13(14)18)10-3-6-12(7-4-10)24(2,21)22/h3-9H,1-2H3,(H2,19,20). The van der Waals surface area contributed by atoms with Gasteiger partial charge < -0.3 is 10.5 Å². The lowest BCUT2D eigenvalue weighted by Crippen LogP contribution is -2.43. The van der Waals surface area contributed by atoms with Gasteiger partial charge in [-0.2, -0.15) is 0 Å². The molecule has 0 radical (unpaired) electrons. The summed E-state index contributed by atoms with van der Waals surface area (Å²) in [6.45, 7) is 1.31. The van der Waals surface area contributed by atoms with Crippen molar-refractivity contribution in [2.24, 2.45) is 5.73 Å². The molecule has 1 atom stereocenters. The predicted octanol–water partition coefficient (Wildman–Crippen LogP) is 2.15. The topological polar surface area (TPSA) is 86.5 Å². The fourth-order valence-electron chi connectivity index (χ4n) is 2.05. The number of benzene rings is 2. The normalized spacial score (nSPS) is 14.0. The second-order valence-electron chi connectivity index (χ2n) is 5.37. The molecule has 0 saturated heterocycles. The summed E-state index contributed by atoms with van der Waals surface area (Å²) in [6, 6.07) is 7.91. The van der Waals surface area contributed by atoms with Crippen molar-refractivity contribution in [2.75, 3.05) is 6.26 Å². The van der Waals surface area contributed by atoms with Crippen LogP contribution in [0.3, 0.4) is 0 Å². The Labute approximate surface area is 138 Å². The molecule has 1 amide bonds. The molecule has 0 aromatic heterocycles. The summed E-state index contributed by atoms with van der Waals surface area (Å²) in [5, 5.41) is 0. The lowest BCUT2D eigenvalue weighted by molar-refractivity contribution is -0.133. The summed E-state index contributed by atoms with van der Waals surface area (Å²) in [6.07, 6.45) is 1.04. The third-order valence-electron chi connectivity index (χ3n) is 3.51.